The van der Waals surface area contributed by atoms with Crippen LogP contribution in [-0.2, 0) is 0 Å². The van der Waals surface area contributed by atoms with Crippen LogP contribution in [0.25, 0.3) is 22.1 Å². The van der Waals surface area contributed by atoms with Gasteiger partial charge in [-0.3, -0.25) is 0 Å². The summed E-state index contributed by atoms with van der Waals surface area (Å²) in [5, 5.41) is 0.842. The third-order valence-electron chi connectivity index (χ3n) is 3.25. The predicted molar refractivity (Wildman–Crippen MR) is 97.4 cm³/mol. The lowest BCUT2D eigenvalue weighted by atomic mass is 10.2. The Morgan fingerprint density at radius 3 is 2.38 bits per heavy atom. The van der Waals surface area contributed by atoms with Crippen molar-refractivity contribution in [1.29, 1.82) is 0 Å². The first-order chi connectivity index (χ1) is 12.7. The van der Waals surface area contributed by atoms with Crippen molar-refractivity contribution >= 4 is 27.8 Å². The molecule has 7 heteroatoms. The van der Waals surface area contributed by atoms with E-state index >= 15 is 0 Å². The van der Waals surface area contributed by atoms with Crippen molar-refractivity contribution in [3.8, 4) is 0 Å². The molecule has 0 aliphatic heterocycles. The number of hydrogen-bond acceptors (Lipinski definition) is 7. The van der Waals surface area contributed by atoms with Crippen molar-refractivity contribution < 1.29 is 13.3 Å². The number of para-hydroxylation sites is 3. The molecule has 0 saturated carbocycles. The smallest absolute Gasteiger partial charge is 0.359 e. The zero-order chi connectivity index (χ0) is 18.2. The maximum atomic E-state index is 10.9. The largest absolute Gasteiger partial charge is 0.452 e. The Bertz CT molecular complexity index is 1080. The van der Waals surface area contributed by atoms with E-state index in [-0.39, 0.29) is 5.69 Å². The Morgan fingerprint density at radius 2 is 1.69 bits per heavy atom. The Morgan fingerprint density at radius 1 is 0.923 bits per heavy atom. The summed E-state index contributed by atoms with van der Waals surface area (Å²) in [6.45, 7) is 0. The molecule has 0 aliphatic carbocycles. The average molecular weight is 349 g/mol. The third-order valence-corrected chi connectivity index (χ3v) is 3.25. The van der Waals surface area contributed by atoms with E-state index < -0.39 is 5.63 Å². The first-order valence-corrected chi connectivity index (χ1v) is 7.63. The summed E-state index contributed by atoms with van der Waals surface area (Å²) in [5.74, 6) is 0. The number of oxazole rings is 2. The number of nitrogens with zero attached hydrogens (tertiary/aromatic N) is 2. The second-order valence-corrected chi connectivity index (χ2v) is 5.02. The van der Waals surface area contributed by atoms with Crippen LogP contribution >= 0.6 is 0 Å². The van der Waals surface area contributed by atoms with Crippen LogP contribution in [0.2, 0.25) is 0 Å². The number of rotatable bonds is 0. The molecular formula is C19H15N3O4. The molecule has 2 N–H and O–H groups in total. The van der Waals surface area contributed by atoms with Gasteiger partial charge in [-0.25, -0.2) is 14.8 Å². The molecular weight excluding hydrogens is 334 g/mol. The van der Waals surface area contributed by atoms with Crippen molar-refractivity contribution in [3.63, 3.8) is 0 Å². The molecule has 0 spiro atoms. The van der Waals surface area contributed by atoms with Gasteiger partial charge in [-0.05, 0) is 24.3 Å². The van der Waals surface area contributed by atoms with Gasteiger partial charge < -0.3 is 19.0 Å². The molecule has 0 saturated heterocycles. The molecule has 3 aromatic heterocycles. The van der Waals surface area contributed by atoms with Crippen LogP contribution in [0, 0.1) is 0 Å². The van der Waals surface area contributed by atoms with Crippen LogP contribution in [0.1, 0.15) is 0 Å². The van der Waals surface area contributed by atoms with Crippen LogP contribution in [-0.4, -0.2) is 9.97 Å². The standard InChI is InChI=1S/C9H7NO2.C7H5NO.C3H3NO/c10-7-5-6-3-1-2-4-8(6)12-9(7)11;1-2-4-7-6(3-1)8-5-9-7;1-2-5-3-4-1/h1-5H,10H2;1-5H;1-3H. The highest BCUT2D eigenvalue weighted by Crippen LogP contribution is 2.12. The summed E-state index contributed by atoms with van der Waals surface area (Å²) < 4.78 is 14.4. The van der Waals surface area contributed by atoms with E-state index in [1.54, 1.807) is 18.3 Å². The molecule has 0 fully saturated rings. The van der Waals surface area contributed by atoms with Gasteiger partial charge in [0.15, 0.2) is 18.4 Å². The topological polar surface area (TPSA) is 108 Å². The van der Waals surface area contributed by atoms with E-state index in [0.717, 1.165) is 16.5 Å². The molecule has 3 heterocycles. The number of anilines is 1. The molecule has 5 rings (SSSR count). The highest BCUT2D eigenvalue weighted by atomic mass is 16.4. The summed E-state index contributed by atoms with van der Waals surface area (Å²) in [5.41, 5.74) is 7.37. The Kier molecular flexibility index (Phi) is 5.41. The van der Waals surface area contributed by atoms with Crippen molar-refractivity contribution in [2.24, 2.45) is 0 Å². The second kappa shape index (κ2) is 8.29. The van der Waals surface area contributed by atoms with Crippen LogP contribution in [0.3, 0.4) is 0 Å². The molecule has 2 aromatic carbocycles. The molecule has 0 unspecified atom stereocenters. The van der Waals surface area contributed by atoms with E-state index in [1.165, 1.54) is 19.1 Å². The molecule has 0 aliphatic rings. The van der Waals surface area contributed by atoms with Gasteiger partial charge >= 0.3 is 5.63 Å². The SMILES string of the molecule is Nc1cc2ccccc2oc1=O.c1ccc2ocnc2c1.c1cocn1. The molecule has 0 amide bonds. The molecule has 7 nitrogen and oxygen atoms in total. The van der Waals surface area contributed by atoms with E-state index in [2.05, 4.69) is 14.4 Å². The first kappa shape index (κ1) is 17.0. The van der Waals surface area contributed by atoms with Gasteiger partial charge in [0.25, 0.3) is 0 Å². The number of hydrogen-bond donors (Lipinski definition) is 1. The number of fused-ring (bicyclic) bond motifs is 2. The molecule has 5 aromatic rings. The minimum absolute atomic E-state index is 0.147. The Balaban J connectivity index is 0.000000123. The predicted octanol–water partition coefficient (Wildman–Crippen LogP) is 3.88. The molecule has 0 bridgehead atoms. The molecule has 0 radical (unpaired) electrons. The number of nitrogen functional groups attached to an aromatic ring is 1. The number of nitrogens with two attached hydrogens (primary N) is 1. The maximum absolute atomic E-state index is 10.9. The lowest BCUT2D eigenvalue weighted by Crippen LogP contribution is -2.05. The third kappa shape index (κ3) is 4.35. The normalized spacial score (nSPS) is 9.85. The molecule has 130 valence electrons. The monoisotopic (exact) mass is 349 g/mol. The lowest BCUT2D eigenvalue weighted by molar-refractivity contribution is 0.558. The van der Waals surface area contributed by atoms with E-state index in [9.17, 15) is 4.79 Å². The zero-order valence-electron chi connectivity index (χ0n) is 13.6. The summed E-state index contributed by atoms with van der Waals surface area (Å²) in [4.78, 5) is 18.4. The van der Waals surface area contributed by atoms with Crippen molar-refractivity contribution in [3.05, 3.63) is 90.3 Å². The summed E-state index contributed by atoms with van der Waals surface area (Å²) in [6.07, 6.45) is 5.92. The zero-order valence-corrected chi connectivity index (χ0v) is 13.6. The minimum Gasteiger partial charge on any atom is -0.452 e. The fourth-order valence-electron chi connectivity index (χ4n) is 2.06. The maximum Gasteiger partial charge on any atom is 0.359 e. The van der Waals surface area contributed by atoms with Crippen LogP contribution < -0.4 is 11.4 Å². The van der Waals surface area contributed by atoms with Crippen LogP contribution in [0.4, 0.5) is 5.69 Å². The molecule has 0 atom stereocenters. The number of benzene rings is 2. The highest BCUT2D eigenvalue weighted by molar-refractivity contribution is 5.78. The minimum atomic E-state index is -0.478. The van der Waals surface area contributed by atoms with Crippen LogP contribution in [0.15, 0.2) is 97.9 Å². The van der Waals surface area contributed by atoms with E-state index in [0.29, 0.717) is 5.58 Å². The first-order valence-electron chi connectivity index (χ1n) is 7.63. The lowest BCUT2D eigenvalue weighted by Gasteiger charge is -1.95. The Hall–Kier alpha value is -3.87. The van der Waals surface area contributed by atoms with E-state index in [1.807, 2.05) is 42.5 Å². The second-order valence-electron chi connectivity index (χ2n) is 5.02. The summed E-state index contributed by atoms with van der Waals surface area (Å²) in [7, 11) is 0. The summed E-state index contributed by atoms with van der Waals surface area (Å²) >= 11 is 0. The van der Waals surface area contributed by atoms with Crippen LogP contribution in [0.5, 0.6) is 0 Å². The van der Waals surface area contributed by atoms with Crippen molar-refractivity contribution in [1.82, 2.24) is 9.97 Å². The molecule has 26 heavy (non-hydrogen) atoms. The average Bonchev–Trinajstić information content (AvgIpc) is 3.38. The van der Waals surface area contributed by atoms with Gasteiger partial charge in [0, 0.05) is 5.39 Å². The van der Waals surface area contributed by atoms with Crippen molar-refractivity contribution in [2.45, 2.75) is 0 Å². The quantitative estimate of drug-likeness (QED) is 0.423. The van der Waals surface area contributed by atoms with Gasteiger partial charge in [-0.1, -0.05) is 30.3 Å². The van der Waals surface area contributed by atoms with Gasteiger partial charge in [0.2, 0.25) is 0 Å². The number of aromatic nitrogens is 2. The van der Waals surface area contributed by atoms with Gasteiger partial charge in [0.05, 0.1) is 6.20 Å². The van der Waals surface area contributed by atoms with E-state index in [4.69, 9.17) is 14.6 Å². The highest BCUT2D eigenvalue weighted by Gasteiger charge is 1.99. The van der Waals surface area contributed by atoms with Gasteiger partial charge in [-0.2, -0.15) is 0 Å². The summed E-state index contributed by atoms with van der Waals surface area (Å²) in [6, 6.07) is 16.5. The fraction of sp³-hybridized carbons (Fsp3) is 0. The van der Waals surface area contributed by atoms with Gasteiger partial charge in [0.1, 0.15) is 23.1 Å². The Labute approximate surface area is 147 Å². The fourth-order valence-corrected chi connectivity index (χ4v) is 2.06. The van der Waals surface area contributed by atoms with Crippen molar-refractivity contribution in [2.75, 3.05) is 5.73 Å². The van der Waals surface area contributed by atoms with Gasteiger partial charge in [-0.15, -0.1) is 0 Å².